The van der Waals surface area contributed by atoms with Crippen LogP contribution in [0, 0.1) is 6.92 Å². The fourth-order valence-corrected chi connectivity index (χ4v) is 4.02. The molecule has 4 rings (SSSR count). The van der Waals surface area contributed by atoms with Crippen LogP contribution >= 0.6 is 0 Å². The predicted molar refractivity (Wildman–Crippen MR) is 115 cm³/mol. The van der Waals surface area contributed by atoms with E-state index in [0.717, 1.165) is 47.2 Å². The van der Waals surface area contributed by atoms with Gasteiger partial charge < -0.3 is 10.1 Å². The van der Waals surface area contributed by atoms with E-state index >= 15 is 0 Å². The van der Waals surface area contributed by atoms with Crippen molar-refractivity contribution in [2.45, 2.75) is 39.2 Å². The van der Waals surface area contributed by atoms with E-state index in [4.69, 9.17) is 4.74 Å². The minimum absolute atomic E-state index is 0.120. The molecule has 1 fully saturated rings. The number of carbonyl (C=O) groups excluding carboxylic acids is 1. The van der Waals surface area contributed by atoms with Gasteiger partial charge in [0.1, 0.15) is 5.56 Å². The lowest BCUT2D eigenvalue weighted by Gasteiger charge is -2.16. The zero-order chi connectivity index (χ0) is 20.5. The second-order valence-corrected chi connectivity index (χ2v) is 7.62. The monoisotopic (exact) mass is 390 g/mol. The molecule has 2 aromatic heterocycles. The fourth-order valence-electron chi connectivity index (χ4n) is 4.02. The van der Waals surface area contributed by atoms with Crippen molar-refractivity contribution in [2.24, 2.45) is 0 Å². The topological polar surface area (TPSA) is 59.8 Å². The maximum Gasteiger partial charge on any atom is 0.343 e. The average molecular weight is 390 g/mol. The van der Waals surface area contributed by atoms with Crippen LogP contribution in [-0.4, -0.2) is 24.0 Å². The number of nitrogens with zero attached hydrogens (tertiary/aromatic N) is 1. The van der Waals surface area contributed by atoms with Crippen LogP contribution < -0.4 is 10.9 Å². The SMILES string of the molecule is CCOC(=O)c1cc(C2CC2)c2c(C)c(-c3cccc(CNC)c3)ccn2c1=O. The van der Waals surface area contributed by atoms with Crippen LogP contribution in [0.1, 0.15) is 52.7 Å². The molecule has 1 aromatic carbocycles. The molecule has 5 heteroatoms. The van der Waals surface area contributed by atoms with Gasteiger partial charge in [-0.2, -0.15) is 0 Å². The Kier molecular flexibility index (Phi) is 5.24. The third kappa shape index (κ3) is 3.58. The van der Waals surface area contributed by atoms with Gasteiger partial charge in [-0.3, -0.25) is 9.20 Å². The molecule has 0 atom stereocenters. The molecule has 0 saturated heterocycles. The van der Waals surface area contributed by atoms with Gasteiger partial charge in [0.15, 0.2) is 0 Å². The number of hydrogen-bond acceptors (Lipinski definition) is 4. The highest BCUT2D eigenvalue weighted by atomic mass is 16.5. The van der Waals surface area contributed by atoms with E-state index in [1.54, 1.807) is 23.6 Å². The Labute approximate surface area is 170 Å². The summed E-state index contributed by atoms with van der Waals surface area (Å²) in [4.78, 5) is 25.4. The molecule has 2 heterocycles. The quantitative estimate of drug-likeness (QED) is 0.645. The zero-order valence-corrected chi connectivity index (χ0v) is 17.1. The van der Waals surface area contributed by atoms with Crippen molar-refractivity contribution in [3.8, 4) is 11.1 Å². The van der Waals surface area contributed by atoms with Crippen LogP contribution in [0.5, 0.6) is 0 Å². The van der Waals surface area contributed by atoms with Crippen molar-refractivity contribution in [3.05, 3.63) is 75.2 Å². The van der Waals surface area contributed by atoms with Gasteiger partial charge in [-0.05, 0) is 85.7 Å². The molecule has 1 saturated carbocycles. The Morgan fingerprint density at radius 3 is 2.72 bits per heavy atom. The van der Waals surface area contributed by atoms with E-state index in [0.29, 0.717) is 5.92 Å². The molecular weight excluding hydrogens is 364 g/mol. The highest BCUT2D eigenvalue weighted by Gasteiger charge is 2.29. The maximum absolute atomic E-state index is 13.0. The van der Waals surface area contributed by atoms with Crippen molar-refractivity contribution in [2.75, 3.05) is 13.7 Å². The largest absolute Gasteiger partial charge is 0.462 e. The number of carbonyl (C=O) groups is 1. The summed E-state index contributed by atoms with van der Waals surface area (Å²) in [5.74, 6) is -0.154. The van der Waals surface area contributed by atoms with Crippen molar-refractivity contribution in [1.82, 2.24) is 9.72 Å². The molecule has 3 aromatic rings. The minimum atomic E-state index is -0.546. The number of rotatable bonds is 6. The molecule has 150 valence electrons. The van der Waals surface area contributed by atoms with Crippen LogP contribution in [0.4, 0.5) is 0 Å². The molecule has 5 nitrogen and oxygen atoms in total. The lowest BCUT2D eigenvalue weighted by molar-refractivity contribution is 0.0524. The van der Waals surface area contributed by atoms with Gasteiger partial charge in [0.2, 0.25) is 0 Å². The Morgan fingerprint density at radius 1 is 1.24 bits per heavy atom. The van der Waals surface area contributed by atoms with Gasteiger partial charge in [-0.25, -0.2) is 4.79 Å². The molecule has 0 amide bonds. The van der Waals surface area contributed by atoms with E-state index in [9.17, 15) is 9.59 Å². The number of esters is 1. The van der Waals surface area contributed by atoms with Crippen molar-refractivity contribution in [1.29, 1.82) is 0 Å². The number of ether oxygens (including phenoxy) is 1. The first kappa shape index (κ1) is 19.4. The van der Waals surface area contributed by atoms with Gasteiger partial charge in [0.25, 0.3) is 5.56 Å². The van der Waals surface area contributed by atoms with Gasteiger partial charge in [0, 0.05) is 12.7 Å². The number of fused-ring (bicyclic) bond motifs is 1. The molecule has 1 aliphatic carbocycles. The van der Waals surface area contributed by atoms with E-state index in [1.165, 1.54) is 5.56 Å². The predicted octanol–water partition coefficient (Wildman–Crippen LogP) is 4.05. The minimum Gasteiger partial charge on any atom is -0.462 e. The number of nitrogens with one attached hydrogen (secondary N) is 1. The van der Waals surface area contributed by atoms with Crippen LogP contribution in [0.25, 0.3) is 16.6 Å². The summed E-state index contributed by atoms with van der Waals surface area (Å²) in [5.41, 5.74) is 6.29. The van der Waals surface area contributed by atoms with Gasteiger partial charge in [0.05, 0.1) is 12.1 Å². The van der Waals surface area contributed by atoms with Gasteiger partial charge in [-0.15, -0.1) is 0 Å². The van der Waals surface area contributed by atoms with Crippen LogP contribution in [-0.2, 0) is 11.3 Å². The smallest absolute Gasteiger partial charge is 0.343 e. The Balaban J connectivity index is 1.93. The molecular formula is C24H26N2O3. The summed E-state index contributed by atoms with van der Waals surface area (Å²) < 4.78 is 6.74. The molecule has 0 aliphatic heterocycles. The van der Waals surface area contributed by atoms with E-state index < -0.39 is 5.97 Å². The van der Waals surface area contributed by atoms with Gasteiger partial charge in [-0.1, -0.05) is 18.2 Å². The maximum atomic E-state index is 13.0. The van der Waals surface area contributed by atoms with E-state index in [1.807, 2.05) is 13.1 Å². The molecule has 0 spiro atoms. The summed E-state index contributed by atoms with van der Waals surface area (Å²) in [5, 5.41) is 3.18. The van der Waals surface area contributed by atoms with Crippen molar-refractivity contribution in [3.63, 3.8) is 0 Å². The molecule has 29 heavy (non-hydrogen) atoms. The Hall–Kier alpha value is -2.92. The summed E-state index contributed by atoms with van der Waals surface area (Å²) in [6, 6.07) is 12.2. The highest BCUT2D eigenvalue weighted by Crippen LogP contribution is 2.43. The van der Waals surface area contributed by atoms with E-state index in [-0.39, 0.29) is 17.7 Å². The fraction of sp³-hybridized carbons (Fsp3) is 0.333. The number of pyridine rings is 2. The number of hydrogen-bond donors (Lipinski definition) is 1. The van der Waals surface area contributed by atoms with E-state index in [2.05, 4.69) is 36.5 Å². The Bertz CT molecular complexity index is 1140. The summed E-state index contributed by atoms with van der Waals surface area (Å²) in [7, 11) is 1.93. The van der Waals surface area contributed by atoms with Crippen LogP contribution in [0.15, 0.2) is 47.4 Å². The summed E-state index contributed by atoms with van der Waals surface area (Å²) >= 11 is 0. The molecule has 1 N–H and O–H groups in total. The van der Waals surface area contributed by atoms with Gasteiger partial charge >= 0.3 is 5.97 Å². The molecule has 0 unspecified atom stereocenters. The van der Waals surface area contributed by atoms with Crippen molar-refractivity contribution >= 4 is 11.5 Å². The third-order valence-corrected chi connectivity index (χ3v) is 5.54. The standard InChI is InChI=1S/C24H26N2O3/c1-4-29-24(28)21-13-20(17-8-9-17)22-15(2)19(10-11-26(22)23(21)27)18-7-5-6-16(12-18)14-25-3/h5-7,10-13,17,25H,4,8-9,14H2,1-3H3. The summed E-state index contributed by atoms with van der Waals surface area (Å²) in [6.07, 6.45) is 3.95. The third-order valence-electron chi connectivity index (χ3n) is 5.54. The Morgan fingerprint density at radius 2 is 2.03 bits per heavy atom. The first-order valence-electron chi connectivity index (χ1n) is 10.1. The number of benzene rings is 1. The van der Waals surface area contributed by atoms with Crippen LogP contribution in [0.3, 0.4) is 0 Å². The number of aromatic nitrogens is 1. The highest BCUT2D eigenvalue weighted by molar-refractivity contribution is 5.91. The number of aryl methyl sites for hydroxylation is 1. The second kappa shape index (κ2) is 7.84. The first-order valence-corrected chi connectivity index (χ1v) is 10.1. The lowest BCUT2D eigenvalue weighted by Crippen LogP contribution is -2.25. The second-order valence-electron chi connectivity index (χ2n) is 7.62. The van der Waals surface area contributed by atoms with Crippen LogP contribution in [0.2, 0.25) is 0 Å². The lowest BCUT2D eigenvalue weighted by atomic mass is 9.95. The normalized spacial score (nSPS) is 13.6. The molecule has 1 aliphatic rings. The first-order chi connectivity index (χ1) is 14.0. The molecule has 0 radical (unpaired) electrons. The summed E-state index contributed by atoms with van der Waals surface area (Å²) in [6.45, 7) is 4.86. The zero-order valence-electron chi connectivity index (χ0n) is 17.1. The van der Waals surface area contributed by atoms with Crippen molar-refractivity contribution < 1.29 is 9.53 Å². The average Bonchev–Trinajstić information content (AvgIpc) is 3.54. The molecule has 0 bridgehead atoms.